The molecule has 0 spiro atoms. The van der Waals surface area contributed by atoms with Gasteiger partial charge in [0.2, 0.25) is 5.88 Å². The molecular formula is C19H32N4O. The Bertz CT molecular complexity index is 547. The van der Waals surface area contributed by atoms with Gasteiger partial charge in [0.1, 0.15) is 0 Å². The van der Waals surface area contributed by atoms with Gasteiger partial charge in [0, 0.05) is 12.0 Å². The third-order valence-corrected chi connectivity index (χ3v) is 5.82. The van der Waals surface area contributed by atoms with Gasteiger partial charge < -0.3 is 20.3 Å². The molecule has 1 aromatic rings. The van der Waals surface area contributed by atoms with Crippen molar-refractivity contribution in [2.75, 3.05) is 46.1 Å². The molecule has 3 heterocycles. The number of hydrogen-bond donors (Lipinski definition) is 1. The Balaban J connectivity index is 1.66. The van der Waals surface area contributed by atoms with Crippen LogP contribution in [0.3, 0.4) is 0 Å². The molecule has 0 amide bonds. The van der Waals surface area contributed by atoms with Crippen LogP contribution in [-0.2, 0) is 6.42 Å². The Morgan fingerprint density at radius 2 is 1.83 bits per heavy atom. The Kier molecular flexibility index (Phi) is 5.61. The normalized spacial score (nSPS) is 22.0. The van der Waals surface area contributed by atoms with Gasteiger partial charge in [-0.2, -0.15) is 0 Å². The summed E-state index contributed by atoms with van der Waals surface area (Å²) < 4.78 is 5.35. The van der Waals surface area contributed by atoms with E-state index in [1.165, 1.54) is 63.1 Å². The minimum atomic E-state index is 0.539. The van der Waals surface area contributed by atoms with Crippen LogP contribution < -0.4 is 10.5 Å². The molecule has 0 bridgehead atoms. The number of rotatable bonds is 4. The average Bonchev–Trinajstić information content (AvgIpc) is 2.62. The summed E-state index contributed by atoms with van der Waals surface area (Å²) in [6, 6.07) is 2.84. The Hall–Kier alpha value is -1.33. The van der Waals surface area contributed by atoms with Crippen molar-refractivity contribution in [3.05, 3.63) is 17.3 Å². The maximum Gasteiger partial charge on any atom is 0.237 e. The molecule has 0 unspecified atom stereocenters. The SMILES string of the molecule is CCc1cc(N)c(OC)nc1C1CCN(C2CCN(C)CC2)CC1. The van der Waals surface area contributed by atoms with Crippen molar-refractivity contribution in [2.24, 2.45) is 0 Å². The van der Waals surface area contributed by atoms with E-state index in [1.807, 2.05) is 0 Å². The van der Waals surface area contributed by atoms with E-state index in [4.69, 9.17) is 15.5 Å². The quantitative estimate of drug-likeness (QED) is 0.918. The van der Waals surface area contributed by atoms with Gasteiger partial charge >= 0.3 is 0 Å². The predicted octanol–water partition coefficient (Wildman–Crippen LogP) is 2.51. The molecule has 0 saturated carbocycles. The molecule has 2 aliphatic heterocycles. The highest BCUT2D eigenvalue weighted by Crippen LogP contribution is 2.34. The number of aryl methyl sites for hydroxylation is 1. The third-order valence-electron chi connectivity index (χ3n) is 5.82. The second kappa shape index (κ2) is 7.70. The van der Waals surface area contributed by atoms with E-state index >= 15 is 0 Å². The summed E-state index contributed by atoms with van der Waals surface area (Å²) >= 11 is 0. The fraction of sp³-hybridized carbons (Fsp3) is 0.737. The molecule has 0 radical (unpaired) electrons. The van der Waals surface area contributed by atoms with E-state index < -0.39 is 0 Å². The van der Waals surface area contributed by atoms with Crippen LogP contribution in [0.2, 0.25) is 0 Å². The van der Waals surface area contributed by atoms with Crippen molar-refractivity contribution in [2.45, 2.75) is 51.0 Å². The summed E-state index contributed by atoms with van der Waals surface area (Å²) in [5, 5.41) is 0. The maximum absolute atomic E-state index is 6.04. The van der Waals surface area contributed by atoms with Crippen LogP contribution in [0.25, 0.3) is 0 Å². The fourth-order valence-corrected chi connectivity index (χ4v) is 4.27. The second-order valence-corrected chi connectivity index (χ2v) is 7.33. The highest BCUT2D eigenvalue weighted by molar-refractivity contribution is 5.52. The van der Waals surface area contributed by atoms with E-state index in [2.05, 4.69) is 29.8 Å². The summed E-state index contributed by atoms with van der Waals surface area (Å²) in [5.41, 5.74) is 9.19. The molecule has 5 heteroatoms. The second-order valence-electron chi connectivity index (χ2n) is 7.33. The molecule has 134 valence electrons. The minimum absolute atomic E-state index is 0.539. The number of anilines is 1. The first kappa shape index (κ1) is 17.5. The van der Waals surface area contributed by atoms with Gasteiger partial charge in [-0.05, 0) is 77.0 Å². The zero-order chi connectivity index (χ0) is 17.1. The average molecular weight is 332 g/mol. The van der Waals surface area contributed by atoms with Gasteiger partial charge in [0.15, 0.2) is 0 Å². The molecule has 2 N–H and O–H groups in total. The van der Waals surface area contributed by atoms with E-state index in [-0.39, 0.29) is 0 Å². The number of pyridine rings is 1. The lowest BCUT2D eigenvalue weighted by Gasteiger charge is -2.41. The van der Waals surface area contributed by atoms with Crippen LogP contribution in [0.15, 0.2) is 6.07 Å². The zero-order valence-electron chi connectivity index (χ0n) is 15.4. The van der Waals surface area contributed by atoms with Crippen LogP contribution in [0.5, 0.6) is 5.88 Å². The van der Waals surface area contributed by atoms with E-state index in [1.54, 1.807) is 7.11 Å². The van der Waals surface area contributed by atoms with Crippen molar-refractivity contribution in [1.82, 2.24) is 14.8 Å². The van der Waals surface area contributed by atoms with Crippen LogP contribution in [0.1, 0.15) is 49.8 Å². The highest BCUT2D eigenvalue weighted by Gasteiger charge is 2.29. The van der Waals surface area contributed by atoms with Crippen LogP contribution in [0.4, 0.5) is 5.69 Å². The van der Waals surface area contributed by atoms with Gasteiger partial charge in [-0.3, -0.25) is 0 Å². The first-order valence-corrected chi connectivity index (χ1v) is 9.38. The summed E-state index contributed by atoms with van der Waals surface area (Å²) in [6.07, 6.45) is 6.00. The fourth-order valence-electron chi connectivity index (χ4n) is 4.27. The van der Waals surface area contributed by atoms with E-state index in [0.717, 1.165) is 12.5 Å². The maximum atomic E-state index is 6.04. The van der Waals surface area contributed by atoms with Crippen molar-refractivity contribution >= 4 is 5.69 Å². The Morgan fingerprint density at radius 1 is 1.17 bits per heavy atom. The number of nitrogens with two attached hydrogens (primary N) is 1. The summed E-state index contributed by atoms with van der Waals surface area (Å²) in [5.74, 6) is 1.12. The van der Waals surface area contributed by atoms with Gasteiger partial charge in [0.05, 0.1) is 18.5 Å². The molecule has 1 aromatic heterocycles. The Morgan fingerprint density at radius 3 is 2.42 bits per heavy atom. The Labute approximate surface area is 146 Å². The summed E-state index contributed by atoms with van der Waals surface area (Å²) in [6.45, 7) is 7.04. The number of methoxy groups -OCH3 is 1. The first-order valence-electron chi connectivity index (χ1n) is 9.38. The molecule has 2 fully saturated rings. The predicted molar refractivity (Wildman–Crippen MR) is 98.6 cm³/mol. The monoisotopic (exact) mass is 332 g/mol. The molecule has 24 heavy (non-hydrogen) atoms. The van der Waals surface area contributed by atoms with Crippen LogP contribution in [-0.4, -0.2) is 61.2 Å². The van der Waals surface area contributed by atoms with Crippen molar-refractivity contribution in [3.8, 4) is 5.88 Å². The highest BCUT2D eigenvalue weighted by atomic mass is 16.5. The number of nitrogen functional groups attached to an aromatic ring is 1. The van der Waals surface area contributed by atoms with Gasteiger partial charge in [-0.25, -0.2) is 4.98 Å². The van der Waals surface area contributed by atoms with Crippen molar-refractivity contribution < 1.29 is 4.74 Å². The summed E-state index contributed by atoms with van der Waals surface area (Å²) in [4.78, 5) is 9.92. The van der Waals surface area contributed by atoms with Gasteiger partial charge in [0.25, 0.3) is 0 Å². The van der Waals surface area contributed by atoms with E-state index in [0.29, 0.717) is 17.5 Å². The number of hydrogen-bond acceptors (Lipinski definition) is 5. The minimum Gasteiger partial charge on any atom is -0.480 e. The lowest BCUT2D eigenvalue weighted by Crippen LogP contribution is -2.46. The number of aromatic nitrogens is 1. The number of piperidine rings is 2. The molecule has 3 rings (SSSR count). The third kappa shape index (κ3) is 3.67. The zero-order valence-corrected chi connectivity index (χ0v) is 15.4. The number of nitrogens with zero attached hydrogens (tertiary/aromatic N) is 3. The first-order chi connectivity index (χ1) is 11.6. The van der Waals surface area contributed by atoms with Gasteiger partial charge in [-0.1, -0.05) is 6.92 Å². The largest absolute Gasteiger partial charge is 0.480 e. The smallest absolute Gasteiger partial charge is 0.237 e. The number of ether oxygens (including phenoxy) is 1. The summed E-state index contributed by atoms with van der Waals surface area (Å²) in [7, 11) is 3.88. The lowest BCUT2D eigenvalue weighted by atomic mass is 9.88. The van der Waals surface area contributed by atoms with Crippen molar-refractivity contribution in [3.63, 3.8) is 0 Å². The molecule has 2 saturated heterocycles. The van der Waals surface area contributed by atoms with Crippen LogP contribution >= 0.6 is 0 Å². The molecule has 2 aliphatic rings. The van der Waals surface area contributed by atoms with Crippen LogP contribution in [0, 0.1) is 0 Å². The molecular weight excluding hydrogens is 300 g/mol. The van der Waals surface area contributed by atoms with Crippen molar-refractivity contribution in [1.29, 1.82) is 0 Å². The molecule has 0 aromatic carbocycles. The number of likely N-dealkylation sites (tertiary alicyclic amines) is 2. The lowest BCUT2D eigenvalue weighted by molar-refractivity contribution is 0.0960. The molecule has 0 aliphatic carbocycles. The van der Waals surface area contributed by atoms with Gasteiger partial charge in [-0.15, -0.1) is 0 Å². The molecule has 0 atom stereocenters. The standard InChI is InChI=1S/C19H32N4O/c1-4-14-13-17(20)19(24-3)21-18(14)15-5-11-23(12-6-15)16-7-9-22(2)10-8-16/h13,15-16H,4-12,20H2,1-3H3. The van der Waals surface area contributed by atoms with E-state index in [9.17, 15) is 0 Å². The topological polar surface area (TPSA) is 54.6 Å². The molecule has 5 nitrogen and oxygen atoms in total.